The van der Waals surface area contributed by atoms with E-state index in [2.05, 4.69) is 37.2 Å². The van der Waals surface area contributed by atoms with Gasteiger partial charge in [-0.2, -0.15) is 0 Å². The number of nitrogens with one attached hydrogen (secondary N) is 1. The number of aliphatic carboxylic acids is 1. The van der Waals surface area contributed by atoms with Gasteiger partial charge in [0.25, 0.3) is 5.91 Å². The number of rotatable bonds is 8. The predicted octanol–water partition coefficient (Wildman–Crippen LogP) is 6.06. The third-order valence-corrected chi connectivity index (χ3v) is 6.05. The van der Waals surface area contributed by atoms with E-state index in [0.29, 0.717) is 32.4 Å². The molecule has 0 aromatic heterocycles. The summed E-state index contributed by atoms with van der Waals surface area (Å²) in [5.74, 6) is -0.422. The summed E-state index contributed by atoms with van der Waals surface area (Å²) < 4.78 is 7.01. The van der Waals surface area contributed by atoms with Crippen molar-refractivity contribution in [1.29, 1.82) is 0 Å². The highest BCUT2D eigenvalue weighted by molar-refractivity contribution is 9.11. The molecule has 2 aromatic rings. The van der Waals surface area contributed by atoms with Gasteiger partial charge < -0.3 is 20.3 Å². The lowest BCUT2D eigenvalue weighted by Crippen LogP contribution is -2.45. The summed E-state index contributed by atoms with van der Waals surface area (Å²) >= 11 is 6.85. The van der Waals surface area contributed by atoms with E-state index in [4.69, 9.17) is 4.74 Å². The minimum atomic E-state index is -1.07. The number of ether oxygens (including phenoxy) is 1. The number of phenolic OH excluding ortho intramolecular Hbond substituents is 1. The quantitative estimate of drug-likeness (QED) is 0.376. The van der Waals surface area contributed by atoms with Crippen LogP contribution >= 0.6 is 31.9 Å². The Hall–Kier alpha value is -2.06. The Kier molecular flexibility index (Phi) is 8.32. The van der Waals surface area contributed by atoms with Gasteiger partial charge >= 0.3 is 5.97 Å². The maximum Gasteiger partial charge on any atom is 0.326 e. The molecule has 3 N–H and O–H groups in total. The van der Waals surface area contributed by atoms with Crippen molar-refractivity contribution in [3.63, 3.8) is 0 Å². The fourth-order valence-electron chi connectivity index (χ4n) is 2.87. The van der Waals surface area contributed by atoms with Gasteiger partial charge in [0.05, 0.1) is 8.95 Å². The smallest absolute Gasteiger partial charge is 0.326 e. The first-order valence-corrected chi connectivity index (χ1v) is 11.2. The molecule has 1 amide bonds. The summed E-state index contributed by atoms with van der Waals surface area (Å²) in [5, 5.41) is 22.0. The highest BCUT2D eigenvalue weighted by atomic mass is 79.9. The maximum atomic E-state index is 12.6. The summed E-state index contributed by atoms with van der Waals surface area (Å²) in [6.07, 6.45) is 0.627. The first-order chi connectivity index (χ1) is 14.0. The molecule has 0 spiro atoms. The number of carboxylic acid groups (broad SMARTS) is 1. The SMILES string of the molecule is CC[C@H](C)[C@H](NC(=O)c1cc(Br)c(Oc2ccc(O)c(C(C)C)c2)c(Br)c1)C(=O)O. The van der Waals surface area contributed by atoms with E-state index < -0.39 is 17.9 Å². The number of benzene rings is 2. The molecule has 2 rings (SSSR count). The van der Waals surface area contributed by atoms with Gasteiger partial charge in [-0.15, -0.1) is 0 Å². The Balaban J connectivity index is 2.28. The second-order valence-electron chi connectivity index (χ2n) is 7.42. The van der Waals surface area contributed by atoms with Crippen LogP contribution in [0.3, 0.4) is 0 Å². The minimum Gasteiger partial charge on any atom is -0.508 e. The van der Waals surface area contributed by atoms with Gasteiger partial charge in [-0.05, 0) is 74.0 Å². The number of carbonyl (C=O) groups excluding carboxylic acids is 1. The molecule has 0 aliphatic rings. The number of hydrogen-bond donors (Lipinski definition) is 3. The fourth-order valence-corrected chi connectivity index (χ4v) is 4.22. The van der Waals surface area contributed by atoms with Crippen LogP contribution in [0.4, 0.5) is 0 Å². The van der Waals surface area contributed by atoms with E-state index in [1.807, 2.05) is 20.8 Å². The van der Waals surface area contributed by atoms with Crippen LogP contribution in [-0.2, 0) is 4.79 Å². The van der Waals surface area contributed by atoms with E-state index in [0.717, 1.165) is 5.56 Å². The molecule has 0 bridgehead atoms. The van der Waals surface area contributed by atoms with Crippen molar-refractivity contribution in [2.45, 2.75) is 46.1 Å². The largest absolute Gasteiger partial charge is 0.508 e. The van der Waals surface area contributed by atoms with Crippen LogP contribution in [0.25, 0.3) is 0 Å². The standard InChI is InChI=1S/C22H25Br2NO5/c1-5-12(4)19(22(28)29)25-21(27)13-8-16(23)20(17(24)9-13)30-14-6-7-18(26)15(10-14)11(2)3/h6-12,19,26H,5H2,1-4H3,(H,25,27)(H,28,29)/t12-,19-/m0/s1. The fraction of sp³-hybridized carbons (Fsp3) is 0.364. The average Bonchev–Trinajstić information content (AvgIpc) is 2.68. The monoisotopic (exact) mass is 541 g/mol. The van der Waals surface area contributed by atoms with Gasteiger partial charge in [0.2, 0.25) is 0 Å². The lowest BCUT2D eigenvalue weighted by molar-refractivity contribution is -0.140. The molecule has 0 saturated heterocycles. The Morgan fingerprint density at radius 2 is 1.70 bits per heavy atom. The second-order valence-corrected chi connectivity index (χ2v) is 9.13. The van der Waals surface area contributed by atoms with E-state index in [1.165, 1.54) is 0 Å². The summed E-state index contributed by atoms with van der Waals surface area (Å²) in [6.45, 7) is 7.61. The van der Waals surface area contributed by atoms with Crippen LogP contribution in [0.2, 0.25) is 0 Å². The Morgan fingerprint density at radius 3 is 2.20 bits per heavy atom. The zero-order chi connectivity index (χ0) is 22.6. The minimum absolute atomic E-state index is 0.124. The van der Waals surface area contributed by atoms with E-state index >= 15 is 0 Å². The van der Waals surface area contributed by atoms with Crippen LogP contribution in [0, 0.1) is 5.92 Å². The Bertz CT molecular complexity index is 922. The van der Waals surface area contributed by atoms with Gasteiger partial charge in [0.1, 0.15) is 17.5 Å². The molecule has 0 aliphatic carbocycles. The molecule has 0 fully saturated rings. The van der Waals surface area contributed by atoms with Gasteiger partial charge in [0, 0.05) is 11.1 Å². The number of phenols is 1. The predicted molar refractivity (Wildman–Crippen MR) is 122 cm³/mol. The number of halogens is 2. The van der Waals surface area contributed by atoms with Crippen molar-refractivity contribution < 1.29 is 24.5 Å². The number of amides is 1. The summed E-state index contributed by atoms with van der Waals surface area (Å²) in [7, 11) is 0. The molecule has 0 saturated carbocycles. The molecule has 0 unspecified atom stereocenters. The third kappa shape index (κ3) is 5.76. The molecule has 8 heteroatoms. The van der Waals surface area contributed by atoms with Crippen molar-refractivity contribution in [2.75, 3.05) is 0 Å². The van der Waals surface area contributed by atoms with Crippen LogP contribution in [-0.4, -0.2) is 28.1 Å². The normalized spacial score (nSPS) is 13.0. The zero-order valence-electron chi connectivity index (χ0n) is 17.2. The summed E-state index contributed by atoms with van der Waals surface area (Å²) in [6, 6.07) is 7.19. The molecule has 0 radical (unpaired) electrons. The highest BCUT2D eigenvalue weighted by Gasteiger charge is 2.26. The molecule has 2 aromatic carbocycles. The molecule has 2 atom stereocenters. The second kappa shape index (κ2) is 10.3. The topological polar surface area (TPSA) is 95.9 Å². The van der Waals surface area contributed by atoms with Gasteiger partial charge in [-0.3, -0.25) is 4.79 Å². The van der Waals surface area contributed by atoms with Crippen LogP contribution in [0.5, 0.6) is 17.2 Å². The van der Waals surface area contributed by atoms with Gasteiger partial charge in [-0.1, -0.05) is 34.1 Å². The molecular formula is C22H25Br2NO5. The van der Waals surface area contributed by atoms with Crippen molar-refractivity contribution >= 4 is 43.7 Å². The number of carboxylic acids is 1. The van der Waals surface area contributed by atoms with E-state index in [9.17, 15) is 19.8 Å². The Labute approximate surface area is 192 Å². The summed E-state index contributed by atoms with van der Waals surface area (Å²) in [4.78, 5) is 24.1. The molecule has 6 nitrogen and oxygen atoms in total. The van der Waals surface area contributed by atoms with Gasteiger partial charge in [0.15, 0.2) is 5.75 Å². The lowest BCUT2D eigenvalue weighted by Gasteiger charge is -2.20. The Morgan fingerprint density at radius 1 is 1.10 bits per heavy atom. The van der Waals surface area contributed by atoms with E-state index in [-0.39, 0.29) is 17.6 Å². The zero-order valence-corrected chi connectivity index (χ0v) is 20.4. The van der Waals surface area contributed by atoms with Crippen molar-refractivity contribution in [1.82, 2.24) is 5.32 Å². The third-order valence-electron chi connectivity index (χ3n) is 4.87. The number of hydrogen-bond acceptors (Lipinski definition) is 4. The van der Waals surface area contributed by atoms with Crippen LogP contribution in [0.15, 0.2) is 39.3 Å². The molecule has 30 heavy (non-hydrogen) atoms. The summed E-state index contributed by atoms with van der Waals surface area (Å²) in [5.41, 5.74) is 1.06. The number of aromatic hydroxyl groups is 1. The van der Waals surface area contributed by atoms with Crippen molar-refractivity contribution in [3.05, 3.63) is 50.4 Å². The molecular weight excluding hydrogens is 518 g/mol. The highest BCUT2D eigenvalue weighted by Crippen LogP contribution is 2.39. The van der Waals surface area contributed by atoms with Crippen molar-refractivity contribution in [2.24, 2.45) is 5.92 Å². The average molecular weight is 543 g/mol. The molecule has 0 aliphatic heterocycles. The first-order valence-electron chi connectivity index (χ1n) is 9.58. The van der Waals surface area contributed by atoms with Crippen molar-refractivity contribution in [3.8, 4) is 17.2 Å². The van der Waals surface area contributed by atoms with Gasteiger partial charge in [-0.25, -0.2) is 4.79 Å². The number of carbonyl (C=O) groups is 2. The lowest BCUT2D eigenvalue weighted by atomic mass is 9.99. The van der Waals surface area contributed by atoms with Crippen LogP contribution < -0.4 is 10.1 Å². The van der Waals surface area contributed by atoms with Crippen LogP contribution in [0.1, 0.15) is 56.0 Å². The van der Waals surface area contributed by atoms with E-state index in [1.54, 1.807) is 37.3 Å². The molecule has 0 heterocycles. The first kappa shape index (κ1) is 24.2. The molecule has 162 valence electrons. The maximum absolute atomic E-state index is 12.6.